The van der Waals surface area contributed by atoms with Gasteiger partial charge >= 0.3 is 5.97 Å². The standard InChI is InChI=1S/C17H23NO2/c19-17(20)12-14-8-5-11-18(14)16-10-4-2-7-13-6-1-3-9-15(13)16/h1,3,6,9,14,16H,2,4-5,7-8,10-12H2,(H,19,20). The molecule has 0 amide bonds. The third-order valence-electron chi connectivity index (χ3n) is 4.82. The van der Waals surface area contributed by atoms with Gasteiger partial charge in [0, 0.05) is 12.1 Å². The second-order valence-corrected chi connectivity index (χ2v) is 6.09. The van der Waals surface area contributed by atoms with Crippen molar-refractivity contribution in [2.45, 2.75) is 57.0 Å². The fourth-order valence-electron chi connectivity index (χ4n) is 3.93. The molecule has 0 aromatic heterocycles. The molecule has 0 radical (unpaired) electrons. The highest BCUT2D eigenvalue weighted by molar-refractivity contribution is 5.67. The summed E-state index contributed by atoms with van der Waals surface area (Å²) in [6.07, 6.45) is 7.30. The van der Waals surface area contributed by atoms with Crippen LogP contribution in [-0.2, 0) is 11.2 Å². The Labute approximate surface area is 120 Å². The molecule has 1 aromatic carbocycles. The van der Waals surface area contributed by atoms with Gasteiger partial charge in [-0.05, 0) is 49.8 Å². The second kappa shape index (κ2) is 5.96. The van der Waals surface area contributed by atoms with Crippen molar-refractivity contribution < 1.29 is 9.90 Å². The van der Waals surface area contributed by atoms with Crippen LogP contribution in [0.1, 0.15) is 55.7 Å². The minimum Gasteiger partial charge on any atom is -0.481 e. The maximum atomic E-state index is 11.1. The van der Waals surface area contributed by atoms with Gasteiger partial charge in [-0.1, -0.05) is 30.7 Å². The lowest BCUT2D eigenvalue weighted by Crippen LogP contribution is -2.35. The van der Waals surface area contributed by atoms with E-state index < -0.39 is 5.97 Å². The number of aliphatic carboxylic acids is 1. The third kappa shape index (κ3) is 2.73. The number of carboxylic acids is 1. The van der Waals surface area contributed by atoms with Gasteiger partial charge in [-0.3, -0.25) is 9.69 Å². The van der Waals surface area contributed by atoms with E-state index in [1.165, 1.54) is 36.8 Å². The number of hydrogen-bond donors (Lipinski definition) is 1. The molecule has 2 aliphatic rings. The Hall–Kier alpha value is -1.35. The predicted molar refractivity (Wildman–Crippen MR) is 78.7 cm³/mol. The smallest absolute Gasteiger partial charge is 0.304 e. The van der Waals surface area contributed by atoms with Crippen molar-refractivity contribution in [1.29, 1.82) is 0 Å². The van der Waals surface area contributed by atoms with Gasteiger partial charge in [0.25, 0.3) is 0 Å². The summed E-state index contributed by atoms with van der Waals surface area (Å²) in [5.41, 5.74) is 2.92. The number of fused-ring (bicyclic) bond motifs is 1. The molecule has 1 heterocycles. The zero-order valence-electron chi connectivity index (χ0n) is 11.9. The topological polar surface area (TPSA) is 40.5 Å². The summed E-state index contributed by atoms with van der Waals surface area (Å²) in [5.74, 6) is -0.663. The second-order valence-electron chi connectivity index (χ2n) is 6.09. The van der Waals surface area contributed by atoms with Crippen LogP contribution in [0, 0.1) is 0 Å². The van der Waals surface area contributed by atoms with Gasteiger partial charge in [-0.15, -0.1) is 0 Å². The van der Waals surface area contributed by atoms with Crippen LogP contribution in [0.15, 0.2) is 24.3 Å². The van der Waals surface area contributed by atoms with Crippen molar-refractivity contribution >= 4 is 5.97 Å². The quantitative estimate of drug-likeness (QED) is 0.858. The highest BCUT2D eigenvalue weighted by atomic mass is 16.4. The molecule has 1 N–H and O–H groups in total. The van der Waals surface area contributed by atoms with Gasteiger partial charge in [-0.2, -0.15) is 0 Å². The lowest BCUT2D eigenvalue weighted by Gasteiger charge is -2.33. The molecule has 1 aliphatic heterocycles. The van der Waals surface area contributed by atoms with Crippen molar-refractivity contribution in [2.24, 2.45) is 0 Å². The van der Waals surface area contributed by atoms with Crippen molar-refractivity contribution in [3.05, 3.63) is 35.4 Å². The number of benzene rings is 1. The molecule has 0 saturated carbocycles. The number of hydrogen-bond acceptors (Lipinski definition) is 2. The first kappa shape index (κ1) is 13.6. The van der Waals surface area contributed by atoms with E-state index in [0.29, 0.717) is 12.5 Å². The molecule has 0 bridgehead atoms. The van der Waals surface area contributed by atoms with E-state index in [1.54, 1.807) is 0 Å². The number of nitrogens with zero attached hydrogens (tertiary/aromatic N) is 1. The van der Waals surface area contributed by atoms with E-state index in [1.807, 2.05) is 0 Å². The van der Waals surface area contributed by atoms with E-state index in [4.69, 9.17) is 5.11 Å². The monoisotopic (exact) mass is 273 g/mol. The van der Waals surface area contributed by atoms with Gasteiger partial charge in [0.05, 0.1) is 6.42 Å². The average molecular weight is 273 g/mol. The van der Waals surface area contributed by atoms with Crippen LogP contribution in [0.25, 0.3) is 0 Å². The Morgan fingerprint density at radius 1 is 1.20 bits per heavy atom. The summed E-state index contributed by atoms with van der Waals surface area (Å²) in [7, 11) is 0. The summed E-state index contributed by atoms with van der Waals surface area (Å²) >= 11 is 0. The van der Waals surface area contributed by atoms with Crippen LogP contribution in [0.2, 0.25) is 0 Å². The summed E-state index contributed by atoms with van der Waals surface area (Å²) in [6, 6.07) is 9.40. The fraction of sp³-hybridized carbons (Fsp3) is 0.588. The molecule has 108 valence electrons. The average Bonchev–Trinajstić information content (AvgIpc) is 2.76. The van der Waals surface area contributed by atoms with Crippen molar-refractivity contribution in [1.82, 2.24) is 4.90 Å². The van der Waals surface area contributed by atoms with E-state index in [0.717, 1.165) is 19.4 Å². The molecule has 1 aliphatic carbocycles. The van der Waals surface area contributed by atoms with Crippen molar-refractivity contribution in [2.75, 3.05) is 6.54 Å². The number of likely N-dealkylation sites (tertiary alicyclic amines) is 1. The van der Waals surface area contributed by atoms with Crippen LogP contribution in [-0.4, -0.2) is 28.6 Å². The summed E-state index contributed by atoms with van der Waals surface area (Å²) < 4.78 is 0. The van der Waals surface area contributed by atoms with Gasteiger partial charge in [0.15, 0.2) is 0 Å². The maximum Gasteiger partial charge on any atom is 0.304 e. The lowest BCUT2D eigenvalue weighted by molar-refractivity contribution is -0.138. The third-order valence-corrected chi connectivity index (χ3v) is 4.82. The molecule has 20 heavy (non-hydrogen) atoms. The first-order chi connectivity index (χ1) is 9.75. The van der Waals surface area contributed by atoms with E-state index in [9.17, 15) is 4.79 Å². The molecule has 2 atom stereocenters. The zero-order valence-corrected chi connectivity index (χ0v) is 11.9. The molecular formula is C17H23NO2. The lowest BCUT2D eigenvalue weighted by atomic mass is 9.96. The Bertz CT molecular complexity index is 486. The van der Waals surface area contributed by atoms with Crippen LogP contribution in [0.5, 0.6) is 0 Å². The Kier molecular flexibility index (Phi) is 4.06. The van der Waals surface area contributed by atoms with Crippen molar-refractivity contribution in [3.63, 3.8) is 0 Å². The normalized spacial score (nSPS) is 27.0. The van der Waals surface area contributed by atoms with Gasteiger partial charge in [-0.25, -0.2) is 0 Å². The van der Waals surface area contributed by atoms with Crippen molar-refractivity contribution in [3.8, 4) is 0 Å². The molecule has 3 heteroatoms. The minimum atomic E-state index is -0.663. The van der Waals surface area contributed by atoms with Crippen LogP contribution in [0.3, 0.4) is 0 Å². The van der Waals surface area contributed by atoms with Gasteiger partial charge < -0.3 is 5.11 Å². The summed E-state index contributed by atoms with van der Waals surface area (Å²) in [5, 5.41) is 9.11. The van der Waals surface area contributed by atoms with Gasteiger partial charge in [0.1, 0.15) is 0 Å². The molecule has 3 rings (SSSR count). The largest absolute Gasteiger partial charge is 0.481 e. The van der Waals surface area contributed by atoms with E-state index in [2.05, 4.69) is 29.2 Å². The highest BCUT2D eigenvalue weighted by Gasteiger charge is 2.34. The number of rotatable bonds is 3. The summed E-state index contributed by atoms with van der Waals surface area (Å²) in [6.45, 7) is 1.05. The molecule has 1 saturated heterocycles. The van der Waals surface area contributed by atoms with E-state index in [-0.39, 0.29) is 6.04 Å². The predicted octanol–water partition coefficient (Wildman–Crippen LogP) is 3.39. The zero-order chi connectivity index (χ0) is 13.9. The minimum absolute atomic E-state index is 0.226. The first-order valence-corrected chi connectivity index (χ1v) is 7.81. The molecule has 0 spiro atoms. The number of carbonyl (C=O) groups is 1. The maximum absolute atomic E-state index is 11.1. The molecular weight excluding hydrogens is 250 g/mol. The van der Waals surface area contributed by atoms with E-state index >= 15 is 0 Å². The van der Waals surface area contributed by atoms with Crippen LogP contribution < -0.4 is 0 Å². The Morgan fingerprint density at radius 3 is 2.90 bits per heavy atom. The van der Waals surface area contributed by atoms with Gasteiger partial charge in [0.2, 0.25) is 0 Å². The number of aryl methyl sites for hydroxylation is 1. The SMILES string of the molecule is O=C(O)CC1CCCN1C1CCCCc2ccccc21. The molecule has 1 fully saturated rings. The molecule has 2 unspecified atom stereocenters. The Balaban J connectivity index is 1.87. The highest BCUT2D eigenvalue weighted by Crippen LogP contribution is 2.38. The molecule has 1 aromatic rings. The number of carboxylic acid groups (broad SMARTS) is 1. The fourth-order valence-corrected chi connectivity index (χ4v) is 3.93. The van der Waals surface area contributed by atoms with Crippen LogP contribution in [0.4, 0.5) is 0 Å². The van der Waals surface area contributed by atoms with Crippen LogP contribution >= 0.6 is 0 Å². The Morgan fingerprint density at radius 2 is 2.05 bits per heavy atom. The summed E-state index contributed by atoms with van der Waals surface area (Å²) in [4.78, 5) is 13.5. The first-order valence-electron chi connectivity index (χ1n) is 7.81. The molecule has 3 nitrogen and oxygen atoms in total.